The molecule has 0 atom stereocenters. The van der Waals surface area contributed by atoms with Crippen LogP contribution in [-0.2, 0) is 39.0 Å². The Hall–Kier alpha value is -0.123. The van der Waals surface area contributed by atoms with E-state index in [0.717, 1.165) is 0 Å². The maximum Gasteiger partial charge on any atom is 3.00 e. The molecular formula is C11H14NRu2. The summed E-state index contributed by atoms with van der Waals surface area (Å²) in [6, 6.07) is 13.7. The van der Waals surface area contributed by atoms with Gasteiger partial charge < -0.3 is 11.9 Å². The monoisotopic (exact) mass is 364 g/mol. The fourth-order valence-electron chi connectivity index (χ4n) is 0.561. The van der Waals surface area contributed by atoms with Crippen LogP contribution in [0.4, 0.5) is 0 Å². The molecule has 0 fully saturated rings. The van der Waals surface area contributed by atoms with E-state index in [9.17, 15) is 0 Å². The number of hydrogen-bond acceptors (Lipinski definition) is 0. The smallest absolute Gasteiger partial charge is 0.484 e. The van der Waals surface area contributed by atoms with Crippen LogP contribution in [0, 0.1) is 13.1 Å². The normalized spacial score (nSPS) is 6.14. The van der Waals surface area contributed by atoms with Gasteiger partial charge in [0.05, 0.1) is 0 Å². The van der Waals surface area contributed by atoms with Crippen LogP contribution in [0.15, 0.2) is 48.7 Å². The van der Waals surface area contributed by atoms with Crippen molar-refractivity contribution in [2.24, 2.45) is 0 Å². The molecule has 3 heteroatoms. The Morgan fingerprint density at radius 2 is 1.71 bits per heavy atom. The van der Waals surface area contributed by atoms with Crippen molar-refractivity contribution < 1.29 is 39.0 Å². The third-order valence-corrected chi connectivity index (χ3v) is 0.998. The SMILES string of the molecule is [CH2-]C.[Ru+3].[Ru].[c-]1ccc[nH]1.c1cc[cH-]c1. The first-order valence-electron chi connectivity index (χ1n) is 3.87. The van der Waals surface area contributed by atoms with Gasteiger partial charge in [-0.2, -0.15) is 43.5 Å². The molecule has 0 aliphatic carbocycles. The van der Waals surface area contributed by atoms with Crippen molar-refractivity contribution in [1.82, 2.24) is 4.98 Å². The van der Waals surface area contributed by atoms with Crippen LogP contribution in [-0.4, -0.2) is 4.98 Å². The molecule has 1 radical (unpaired) electrons. The molecule has 1 aromatic carbocycles. The van der Waals surface area contributed by atoms with Crippen molar-refractivity contribution in [2.75, 3.05) is 0 Å². The molecule has 0 saturated heterocycles. The number of H-pyrrole nitrogens is 1. The van der Waals surface area contributed by atoms with Crippen LogP contribution in [0.5, 0.6) is 0 Å². The largest absolute Gasteiger partial charge is 3.00 e. The van der Waals surface area contributed by atoms with Crippen molar-refractivity contribution in [1.29, 1.82) is 0 Å². The topological polar surface area (TPSA) is 15.8 Å². The molecule has 0 saturated carbocycles. The Morgan fingerprint density at radius 1 is 1.14 bits per heavy atom. The molecule has 14 heavy (non-hydrogen) atoms. The first-order valence-corrected chi connectivity index (χ1v) is 3.87. The summed E-state index contributed by atoms with van der Waals surface area (Å²) in [5.41, 5.74) is 0. The zero-order chi connectivity index (χ0) is 9.07. The molecule has 1 nitrogen and oxygen atoms in total. The molecule has 1 N–H and O–H groups in total. The second-order valence-electron chi connectivity index (χ2n) is 1.78. The maximum atomic E-state index is 3.25. The molecule has 0 amide bonds. The zero-order valence-electron chi connectivity index (χ0n) is 8.03. The Kier molecular flexibility index (Phi) is 25.9. The van der Waals surface area contributed by atoms with Crippen molar-refractivity contribution in [3.05, 3.63) is 61.8 Å². The van der Waals surface area contributed by atoms with Crippen LogP contribution >= 0.6 is 0 Å². The predicted molar refractivity (Wildman–Crippen MR) is 52.7 cm³/mol. The summed E-state index contributed by atoms with van der Waals surface area (Å²) >= 11 is 0. The van der Waals surface area contributed by atoms with Gasteiger partial charge in [-0.3, -0.25) is 0 Å². The van der Waals surface area contributed by atoms with Crippen molar-refractivity contribution in [2.45, 2.75) is 6.92 Å². The molecular weight excluding hydrogens is 348 g/mol. The van der Waals surface area contributed by atoms with E-state index >= 15 is 0 Å². The van der Waals surface area contributed by atoms with E-state index in [1.54, 1.807) is 6.92 Å². The van der Waals surface area contributed by atoms with Gasteiger partial charge in [0.25, 0.3) is 0 Å². The fourth-order valence-corrected chi connectivity index (χ4v) is 0.561. The van der Waals surface area contributed by atoms with Gasteiger partial charge in [-0.15, -0.1) is 6.20 Å². The Bertz CT molecular complexity index is 153. The second kappa shape index (κ2) is 18.6. The molecule has 2 rings (SSSR count). The third-order valence-electron chi connectivity index (χ3n) is 0.998. The summed E-state index contributed by atoms with van der Waals surface area (Å²) in [5.74, 6) is 0. The van der Waals surface area contributed by atoms with Gasteiger partial charge in [0.15, 0.2) is 0 Å². The Morgan fingerprint density at radius 3 is 1.86 bits per heavy atom. The summed E-state index contributed by atoms with van der Waals surface area (Å²) in [5, 5.41) is 0. The summed E-state index contributed by atoms with van der Waals surface area (Å²) in [6.07, 6.45) is 4.56. The van der Waals surface area contributed by atoms with Crippen molar-refractivity contribution in [3.8, 4) is 0 Å². The van der Waals surface area contributed by atoms with Crippen molar-refractivity contribution in [3.63, 3.8) is 0 Å². The average Bonchev–Trinajstić information content (AvgIpc) is 2.87. The van der Waals surface area contributed by atoms with Crippen molar-refractivity contribution >= 4 is 0 Å². The minimum atomic E-state index is 0. The van der Waals surface area contributed by atoms with Crippen LogP contribution in [0.1, 0.15) is 6.92 Å². The first kappa shape index (κ1) is 19.4. The molecule has 1 aromatic heterocycles. The number of aromatic nitrogens is 1. The van der Waals surface area contributed by atoms with Gasteiger partial charge >= 0.3 is 19.5 Å². The van der Waals surface area contributed by atoms with E-state index in [2.05, 4.69) is 18.1 Å². The zero-order valence-corrected chi connectivity index (χ0v) is 11.5. The Balaban J connectivity index is -0.000000131. The molecule has 0 bridgehead atoms. The molecule has 0 aliphatic heterocycles. The van der Waals surface area contributed by atoms with Crippen LogP contribution < -0.4 is 0 Å². The third kappa shape index (κ3) is 14.4. The van der Waals surface area contributed by atoms with Crippen LogP contribution in [0.3, 0.4) is 0 Å². The molecule has 2 aromatic rings. The quantitative estimate of drug-likeness (QED) is 0.548. The van der Waals surface area contributed by atoms with Crippen LogP contribution in [0.2, 0.25) is 0 Å². The summed E-state index contributed by atoms with van der Waals surface area (Å²) < 4.78 is 0. The molecule has 0 unspecified atom stereocenters. The van der Waals surface area contributed by atoms with E-state index in [1.165, 1.54) is 0 Å². The van der Waals surface area contributed by atoms with E-state index < -0.39 is 0 Å². The first-order chi connectivity index (χ1) is 6.00. The number of hydrogen-bond donors (Lipinski definition) is 1. The van der Waals surface area contributed by atoms with E-state index in [1.807, 2.05) is 48.7 Å². The van der Waals surface area contributed by atoms with E-state index in [4.69, 9.17) is 0 Å². The number of nitrogens with one attached hydrogen (secondary N) is 1. The average molecular weight is 362 g/mol. The summed E-state index contributed by atoms with van der Waals surface area (Å²) in [4.78, 5) is 2.74. The van der Waals surface area contributed by atoms with Gasteiger partial charge in [0.1, 0.15) is 0 Å². The minimum absolute atomic E-state index is 0. The van der Waals surface area contributed by atoms with Gasteiger partial charge in [0, 0.05) is 19.5 Å². The molecule has 79 valence electrons. The summed E-state index contributed by atoms with van der Waals surface area (Å²) in [6.45, 7) is 5.00. The van der Waals surface area contributed by atoms with Gasteiger partial charge in [-0.05, 0) is 0 Å². The van der Waals surface area contributed by atoms with Gasteiger partial charge in [-0.1, -0.05) is 0 Å². The Labute approximate surface area is 112 Å². The second-order valence-corrected chi connectivity index (χ2v) is 1.78. The standard InChI is InChI=1S/C5H5.C4H4N.C2H5.2Ru/c2*1-2-4-5-3-1;1-2;;/h1-5H;1-3,5H;1H2,2H3;;/q3*-1;;+3. The minimum Gasteiger partial charge on any atom is -0.484 e. The number of rotatable bonds is 0. The van der Waals surface area contributed by atoms with Gasteiger partial charge in [-0.25, -0.2) is 12.1 Å². The number of aromatic amines is 1. The molecule has 1 heterocycles. The van der Waals surface area contributed by atoms with Crippen LogP contribution in [0.25, 0.3) is 0 Å². The fraction of sp³-hybridized carbons (Fsp3) is 0.0909. The summed E-state index contributed by atoms with van der Waals surface area (Å²) in [7, 11) is 0. The molecule has 0 spiro atoms. The predicted octanol–water partition coefficient (Wildman–Crippen LogP) is 3.06. The van der Waals surface area contributed by atoms with E-state index in [0.29, 0.717) is 0 Å². The van der Waals surface area contributed by atoms with E-state index in [-0.39, 0.29) is 39.0 Å². The van der Waals surface area contributed by atoms with Gasteiger partial charge in [0.2, 0.25) is 0 Å². The maximum absolute atomic E-state index is 3.25. The molecule has 0 aliphatic rings.